The molecule has 0 unspecified atom stereocenters. The third-order valence-electron chi connectivity index (χ3n) is 4.31. The number of nitrogens with two attached hydrogens (primary N) is 1. The molecule has 2 rings (SSSR count). The molecule has 1 aliphatic carbocycles. The van der Waals surface area contributed by atoms with E-state index in [1.165, 1.54) is 18.2 Å². The van der Waals surface area contributed by atoms with Crippen molar-refractivity contribution in [1.82, 2.24) is 9.78 Å². The number of nitrogens with one attached hydrogen (secondary N) is 1. The first-order valence-corrected chi connectivity index (χ1v) is 7.67. The largest absolute Gasteiger partial charge is 0.468 e. The van der Waals surface area contributed by atoms with E-state index in [9.17, 15) is 9.59 Å². The summed E-state index contributed by atoms with van der Waals surface area (Å²) in [6.45, 7) is 0.566. The smallest absolute Gasteiger partial charge is 0.327 e. The van der Waals surface area contributed by atoms with E-state index in [1.807, 2.05) is 0 Å². The van der Waals surface area contributed by atoms with Gasteiger partial charge in [-0.05, 0) is 24.8 Å². The lowest BCUT2D eigenvalue weighted by Crippen LogP contribution is -2.36. The van der Waals surface area contributed by atoms with Crippen LogP contribution >= 0.6 is 0 Å². The number of carbonyl (C=O) groups excluding carboxylic acids is 2. The van der Waals surface area contributed by atoms with Gasteiger partial charge in [-0.1, -0.05) is 19.3 Å². The summed E-state index contributed by atoms with van der Waals surface area (Å²) >= 11 is 0. The van der Waals surface area contributed by atoms with E-state index in [0.29, 0.717) is 18.8 Å². The highest BCUT2D eigenvalue weighted by molar-refractivity contribution is 5.90. The average Bonchev–Trinajstić information content (AvgIpc) is 2.94. The summed E-state index contributed by atoms with van der Waals surface area (Å²) in [4.78, 5) is 23.4. The minimum Gasteiger partial charge on any atom is -0.468 e. The van der Waals surface area contributed by atoms with Gasteiger partial charge >= 0.3 is 5.97 Å². The summed E-state index contributed by atoms with van der Waals surface area (Å²) in [6.07, 6.45) is 7.57. The maximum absolute atomic E-state index is 12.2. The van der Waals surface area contributed by atoms with E-state index in [4.69, 9.17) is 5.73 Å². The molecule has 122 valence electrons. The van der Waals surface area contributed by atoms with E-state index in [2.05, 4.69) is 15.2 Å². The molecule has 0 spiro atoms. The Morgan fingerprint density at radius 1 is 1.41 bits per heavy atom. The summed E-state index contributed by atoms with van der Waals surface area (Å²) in [5.41, 5.74) is 5.83. The van der Waals surface area contributed by atoms with Crippen LogP contribution in [0.1, 0.15) is 38.5 Å². The van der Waals surface area contributed by atoms with Crippen LogP contribution in [0, 0.1) is 5.41 Å². The van der Waals surface area contributed by atoms with E-state index in [-0.39, 0.29) is 23.8 Å². The summed E-state index contributed by atoms with van der Waals surface area (Å²) in [6, 6.07) is 1.66. The molecule has 3 N–H and O–H groups in total. The van der Waals surface area contributed by atoms with Crippen LogP contribution in [0.4, 0.5) is 5.82 Å². The molecule has 1 fully saturated rings. The number of amides is 1. The summed E-state index contributed by atoms with van der Waals surface area (Å²) in [5, 5.41) is 6.91. The molecule has 7 heteroatoms. The Morgan fingerprint density at radius 2 is 2.14 bits per heavy atom. The summed E-state index contributed by atoms with van der Waals surface area (Å²) in [7, 11) is 1.32. The average molecular weight is 308 g/mol. The lowest BCUT2D eigenvalue weighted by Gasteiger charge is -2.35. The monoisotopic (exact) mass is 308 g/mol. The molecule has 22 heavy (non-hydrogen) atoms. The number of methoxy groups -OCH3 is 1. The zero-order valence-electron chi connectivity index (χ0n) is 13.0. The molecule has 1 aliphatic rings. The minimum atomic E-state index is -0.384. The number of aromatic nitrogens is 2. The summed E-state index contributed by atoms with van der Waals surface area (Å²) < 4.78 is 6.00. The molecular weight excluding hydrogens is 284 g/mol. The fourth-order valence-corrected chi connectivity index (χ4v) is 3.00. The molecular formula is C15H24N4O3. The second-order valence-electron chi connectivity index (χ2n) is 5.96. The molecule has 0 aliphatic heterocycles. The maximum atomic E-state index is 12.2. The van der Waals surface area contributed by atoms with Gasteiger partial charge in [0, 0.05) is 18.7 Å². The van der Waals surface area contributed by atoms with Crippen molar-refractivity contribution in [3.05, 3.63) is 12.3 Å². The molecule has 1 aromatic heterocycles. The standard InChI is InChI=1S/C15H24N4O3/c1-22-14(21)10-19-8-5-12(18-19)17-13(20)9-15(11-16)6-3-2-4-7-15/h5,8H,2-4,6-7,9-11,16H2,1H3,(H,17,18,20). The lowest BCUT2D eigenvalue weighted by molar-refractivity contribution is -0.141. The van der Waals surface area contributed by atoms with Crippen molar-refractivity contribution in [3.8, 4) is 0 Å². The van der Waals surface area contributed by atoms with Gasteiger partial charge in [0.25, 0.3) is 0 Å². The van der Waals surface area contributed by atoms with Gasteiger partial charge in [0.1, 0.15) is 6.54 Å². The molecule has 1 aromatic rings. The molecule has 1 saturated carbocycles. The summed E-state index contributed by atoms with van der Waals surface area (Å²) in [5.74, 6) is -0.0159. The van der Waals surface area contributed by atoms with Crippen molar-refractivity contribution in [3.63, 3.8) is 0 Å². The molecule has 1 heterocycles. The first-order valence-electron chi connectivity index (χ1n) is 7.67. The number of nitrogens with zero attached hydrogens (tertiary/aromatic N) is 2. The van der Waals surface area contributed by atoms with Crippen LogP contribution < -0.4 is 11.1 Å². The molecule has 0 aromatic carbocycles. The number of hydrogen-bond donors (Lipinski definition) is 2. The highest BCUT2D eigenvalue weighted by Crippen LogP contribution is 2.38. The van der Waals surface area contributed by atoms with E-state index < -0.39 is 0 Å². The Balaban J connectivity index is 1.90. The third kappa shape index (κ3) is 4.30. The zero-order chi connectivity index (χ0) is 16.0. The van der Waals surface area contributed by atoms with Crippen molar-refractivity contribution in [2.75, 3.05) is 19.0 Å². The van der Waals surface area contributed by atoms with Gasteiger partial charge in [0.05, 0.1) is 7.11 Å². The Kier molecular flexibility index (Phi) is 5.54. The topological polar surface area (TPSA) is 99.2 Å². The first kappa shape index (κ1) is 16.5. The molecule has 0 bridgehead atoms. The van der Waals surface area contributed by atoms with Gasteiger partial charge in [-0.15, -0.1) is 0 Å². The first-order chi connectivity index (χ1) is 10.6. The van der Waals surface area contributed by atoms with Crippen LogP contribution in [0.5, 0.6) is 0 Å². The molecule has 0 atom stereocenters. The van der Waals surface area contributed by atoms with Gasteiger partial charge in [-0.2, -0.15) is 5.10 Å². The molecule has 0 radical (unpaired) electrons. The SMILES string of the molecule is COC(=O)Cn1ccc(NC(=O)CC2(CN)CCCCC2)n1. The second kappa shape index (κ2) is 7.40. The van der Waals surface area contributed by atoms with E-state index >= 15 is 0 Å². The molecule has 0 saturated heterocycles. The van der Waals surface area contributed by atoms with E-state index in [1.54, 1.807) is 12.3 Å². The molecule has 7 nitrogen and oxygen atoms in total. The van der Waals surface area contributed by atoms with Crippen molar-refractivity contribution >= 4 is 17.7 Å². The van der Waals surface area contributed by atoms with Crippen LogP contribution in [-0.4, -0.2) is 35.3 Å². The van der Waals surface area contributed by atoms with E-state index in [0.717, 1.165) is 25.7 Å². The van der Waals surface area contributed by atoms with Crippen molar-refractivity contribution in [2.24, 2.45) is 11.1 Å². The Bertz CT molecular complexity index is 521. The Morgan fingerprint density at radius 3 is 2.77 bits per heavy atom. The fraction of sp³-hybridized carbons (Fsp3) is 0.667. The number of anilines is 1. The lowest BCUT2D eigenvalue weighted by atomic mass is 9.71. The van der Waals surface area contributed by atoms with Gasteiger partial charge in [0.2, 0.25) is 5.91 Å². The van der Waals surface area contributed by atoms with Crippen LogP contribution in [0.2, 0.25) is 0 Å². The molecule has 1 amide bonds. The van der Waals surface area contributed by atoms with Gasteiger partial charge in [-0.3, -0.25) is 14.3 Å². The van der Waals surface area contributed by atoms with Crippen LogP contribution in [0.15, 0.2) is 12.3 Å². The van der Waals surface area contributed by atoms with Gasteiger partial charge < -0.3 is 15.8 Å². The quantitative estimate of drug-likeness (QED) is 0.772. The zero-order valence-corrected chi connectivity index (χ0v) is 13.0. The Hall–Kier alpha value is -1.89. The number of esters is 1. The number of ether oxygens (including phenoxy) is 1. The van der Waals surface area contributed by atoms with Gasteiger partial charge in [-0.25, -0.2) is 0 Å². The number of hydrogen-bond acceptors (Lipinski definition) is 5. The van der Waals surface area contributed by atoms with Crippen molar-refractivity contribution in [1.29, 1.82) is 0 Å². The number of rotatable bonds is 6. The van der Waals surface area contributed by atoms with Crippen molar-refractivity contribution in [2.45, 2.75) is 45.1 Å². The van der Waals surface area contributed by atoms with Gasteiger partial charge in [0.15, 0.2) is 5.82 Å². The normalized spacial score (nSPS) is 17.0. The predicted molar refractivity (Wildman–Crippen MR) is 82.1 cm³/mol. The third-order valence-corrected chi connectivity index (χ3v) is 4.31. The van der Waals surface area contributed by atoms with Crippen LogP contribution in [0.25, 0.3) is 0 Å². The Labute approximate surface area is 130 Å². The second-order valence-corrected chi connectivity index (χ2v) is 5.96. The number of carbonyl (C=O) groups is 2. The highest BCUT2D eigenvalue weighted by Gasteiger charge is 2.33. The van der Waals surface area contributed by atoms with Crippen LogP contribution in [0.3, 0.4) is 0 Å². The predicted octanol–water partition coefficient (Wildman–Crippen LogP) is 1.29. The minimum absolute atomic E-state index is 0.0269. The highest BCUT2D eigenvalue weighted by atomic mass is 16.5. The fourth-order valence-electron chi connectivity index (χ4n) is 3.00. The maximum Gasteiger partial charge on any atom is 0.327 e. The van der Waals surface area contributed by atoms with Crippen molar-refractivity contribution < 1.29 is 14.3 Å². The van der Waals surface area contributed by atoms with Crippen LogP contribution in [-0.2, 0) is 20.9 Å².